The first-order chi connectivity index (χ1) is 4.79. The predicted molar refractivity (Wildman–Crippen MR) is 46.1 cm³/mol. The van der Waals surface area contributed by atoms with Gasteiger partial charge in [-0.2, -0.15) is 11.8 Å². The fraction of sp³-hybridized carbons (Fsp3) is 1.00. The summed E-state index contributed by atoms with van der Waals surface area (Å²) in [5.74, 6) is 2.25. The highest BCUT2D eigenvalue weighted by atomic mass is 32.2. The van der Waals surface area contributed by atoms with Crippen LogP contribution < -0.4 is 5.73 Å². The van der Waals surface area contributed by atoms with Gasteiger partial charge in [-0.1, -0.05) is 6.92 Å². The lowest BCUT2D eigenvalue weighted by molar-refractivity contribution is 0.461. The zero-order valence-corrected chi connectivity index (χ0v) is 7.29. The fourth-order valence-corrected chi connectivity index (χ4v) is 3.91. The minimum Gasteiger partial charge on any atom is -0.330 e. The Morgan fingerprint density at radius 1 is 1.70 bits per heavy atom. The molecular weight excluding hydrogens is 142 g/mol. The van der Waals surface area contributed by atoms with E-state index in [4.69, 9.17) is 5.73 Å². The molecule has 1 spiro atoms. The summed E-state index contributed by atoms with van der Waals surface area (Å²) in [5, 5.41) is 0.890. The first kappa shape index (κ1) is 6.99. The molecule has 0 bridgehead atoms. The standard InChI is InChI=1S/C8H15NS/c1-6-8(2-3-10-6)4-7(8)5-9/h6-7H,2-5,9H2,1H3. The lowest BCUT2D eigenvalue weighted by Gasteiger charge is -2.12. The minimum atomic E-state index is 0.708. The maximum absolute atomic E-state index is 5.64. The van der Waals surface area contributed by atoms with E-state index in [-0.39, 0.29) is 0 Å². The lowest BCUT2D eigenvalue weighted by Crippen LogP contribution is -2.15. The monoisotopic (exact) mass is 157 g/mol. The van der Waals surface area contributed by atoms with Gasteiger partial charge < -0.3 is 5.73 Å². The van der Waals surface area contributed by atoms with Crippen molar-refractivity contribution in [3.63, 3.8) is 0 Å². The topological polar surface area (TPSA) is 26.0 Å². The first-order valence-electron chi connectivity index (χ1n) is 4.11. The Kier molecular flexibility index (Phi) is 1.50. The second kappa shape index (κ2) is 2.15. The summed E-state index contributed by atoms with van der Waals surface area (Å²) < 4.78 is 0. The molecule has 0 aromatic rings. The largest absolute Gasteiger partial charge is 0.330 e. The van der Waals surface area contributed by atoms with Gasteiger partial charge in [-0.15, -0.1) is 0 Å². The smallest absolute Gasteiger partial charge is 0.00787 e. The number of hydrogen-bond acceptors (Lipinski definition) is 2. The van der Waals surface area contributed by atoms with Crippen LogP contribution in [0.2, 0.25) is 0 Å². The summed E-state index contributed by atoms with van der Waals surface area (Å²) >= 11 is 2.13. The lowest BCUT2D eigenvalue weighted by atomic mass is 9.97. The van der Waals surface area contributed by atoms with Crippen LogP contribution >= 0.6 is 11.8 Å². The molecule has 3 atom stereocenters. The number of hydrogen-bond donors (Lipinski definition) is 1. The highest BCUT2D eigenvalue weighted by Gasteiger charge is 2.58. The SMILES string of the molecule is CC1SCCC12CC2CN. The molecule has 1 nitrogen and oxygen atoms in total. The molecule has 0 aromatic heterocycles. The summed E-state index contributed by atoms with van der Waals surface area (Å²) in [5.41, 5.74) is 6.35. The molecule has 3 unspecified atom stereocenters. The van der Waals surface area contributed by atoms with Crippen LogP contribution in [-0.2, 0) is 0 Å². The minimum absolute atomic E-state index is 0.708. The van der Waals surface area contributed by atoms with Crippen molar-refractivity contribution in [3.05, 3.63) is 0 Å². The van der Waals surface area contributed by atoms with E-state index in [1.807, 2.05) is 0 Å². The van der Waals surface area contributed by atoms with Crippen LogP contribution in [-0.4, -0.2) is 17.5 Å². The Morgan fingerprint density at radius 3 is 2.90 bits per heavy atom. The van der Waals surface area contributed by atoms with Gasteiger partial charge in [0.2, 0.25) is 0 Å². The van der Waals surface area contributed by atoms with Gasteiger partial charge in [0, 0.05) is 5.25 Å². The van der Waals surface area contributed by atoms with Crippen LogP contribution in [0.3, 0.4) is 0 Å². The van der Waals surface area contributed by atoms with Gasteiger partial charge in [0.25, 0.3) is 0 Å². The average Bonchev–Trinajstić information content (AvgIpc) is 2.52. The second-order valence-electron chi connectivity index (χ2n) is 3.63. The van der Waals surface area contributed by atoms with Gasteiger partial charge in [-0.05, 0) is 36.5 Å². The van der Waals surface area contributed by atoms with Crippen LogP contribution in [0.25, 0.3) is 0 Å². The summed E-state index contributed by atoms with van der Waals surface area (Å²) in [6, 6.07) is 0. The highest BCUT2D eigenvalue weighted by molar-refractivity contribution is 8.00. The zero-order chi connectivity index (χ0) is 7.19. The van der Waals surface area contributed by atoms with Crippen LogP contribution in [0.5, 0.6) is 0 Å². The Labute approximate surface area is 66.7 Å². The second-order valence-corrected chi connectivity index (χ2v) is 5.08. The summed E-state index contributed by atoms with van der Waals surface area (Å²) in [6.45, 7) is 3.29. The number of thioether (sulfide) groups is 1. The molecule has 1 saturated carbocycles. The molecule has 2 N–H and O–H groups in total. The van der Waals surface area contributed by atoms with E-state index in [9.17, 15) is 0 Å². The van der Waals surface area contributed by atoms with E-state index in [2.05, 4.69) is 18.7 Å². The van der Waals surface area contributed by atoms with Gasteiger partial charge >= 0.3 is 0 Å². The van der Waals surface area contributed by atoms with E-state index in [1.54, 1.807) is 0 Å². The quantitative estimate of drug-likeness (QED) is 0.624. The van der Waals surface area contributed by atoms with Crippen molar-refractivity contribution in [2.75, 3.05) is 12.3 Å². The van der Waals surface area contributed by atoms with Crippen LogP contribution in [0, 0.1) is 11.3 Å². The van der Waals surface area contributed by atoms with Crippen LogP contribution in [0.4, 0.5) is 0 Å². The Hall–Kier alpha value is 0.310. The Morgan fingerprint density at radius 2 is 2.50 bits per heavy atom. The first-order valence-corrected chi connectivity index (χ1v) is 5.16. The Bertz CT molecular complexity index is 148. The number of nitrogens with two attached hydrogens (primary N) is 1. The molecule has 10 heavy (non-hydrogen) atoms. The van der Waals surface area contributed by atoms with Gasteiger partial charge in [0.15, 0.2) is 0 Å². The molecule has 1 aliphatic heterocycles. The third-order valence-corrected chi connectivity index (χ3v) is 4.72. The van der Waals surface area contributed by atoms with E-state index in [0.717, 1.165) is 17.7 Å². The van der Waals surface area contributed by atoms with Crippen molar-refractivity contribution in [1.82, 2.24) is 0 Å². The third kappa shape index (κ3) is 0.751. The zero-order valence-electron chi connectivity index (χ0n) is 6.47. The molecule has 2 rings (SSSR count). The molecule has 2 fully saturated rings. The summed E-state index contributed by atoms with van der Waals surface area (Å²) in [4.78, 5) is 0. The van der Waals surface area contributed by atoms with Gasteiger partial charge in [0.05, 0.1) is 0 Å². The van der Waals surface area contributed by atoms with E-state index >= 15 is 0 Å². The molecule has 58 valence electrons. The summed E-state index contributed by atoms with van der Waals surface area (Å²) in [7, 11) is 0. The molecule has 2 aliphatic rings. The van der Waals surface area contributed by atoms with Crippen molar-refractivity contribution in [2.24, 2.45) is 17.1 Å². The van der Waals surface area contributed by atoms with Crippen LogP contribution in [0.1, 0.15) is 19.8 Å². The maximum Gasteiger partial charge on any atom is 0.00787 e. The van der Waals surface area contributed by atoms with Crippen molar-refractivity contribution in [3.8, 4) is 0 Å². The molecule has 0 aromatic carbocycles. The van der Waals surface area contributed by atoms with E-state index < -0.39 is 0 Å². The van der Waals surface area contributed by atoms with E-state index in [0.29, 0.717) is 5.41 Å². The van der Waals surface area contributed by atoms with Crippen molar-refractivity contribution < 1.29 is 0 Å². The molecule has 1 saturated heterocycles. The third-order valence-electron chi connectivity index (χ3n) is 3.31. The van der Waals surface area contributed by atoms with Gasteiger partial charge in [0.1, 0.15) is 0 Å². The summed E-state index contributed by atoms with van der Waals surface area (Å²) in [6.07, 6.45) is 2.85. The van der Waals surface area contributed by atoms with Crippen molar-refractivity contribution in [2.45, 2.75) is 25.0 Å². The molecule has 0 radical (unpaired) electrons. The molecule has 1 heterocycles. The molecule has 2 heteroatoms. The number of rotatable bonds is 1. The van der Waals surface area contributed by atoms with Crippen molar-refractivity contribution >= 4 is 11.8 Å². The normalized spacial score (nSPS) is 52.2. The fourth-order valence-electron chi connectivity index (χ4n) is 2.32. The predicted octanol–water partition coefficient (Wildman–Crippen LogP) is 1.48. The molecule has 0 amide bonds. The van der Waals surface area contributed by atoms with E-state index in [1.165, 1.54) is 18.6 Å². The maximum atomic E-state index is 5.64. The van der Waals surface area contributed by atoms with Gasteiger partial charge in [-0.25, -0.2) is 0 Å². The van der Waals surface area contributed by atoms with Crippen LogP contribution in [0.15, 0.2) is 0 Å². The molecule has 1 aliphatic carbocycles. The molecular formula is C8H15NS. The highest BCUT2D eigenvalue weighted by Crippen LogP contribution is 2.64. The Balaban J connectivity index is 2.04. The van der Waals surface area contributed by atoms with Gasteiger partial charge in [-0.3, -0.25) is 0 Å². The average molecular weight is 157 g/mol. The van der Waals surface area contributed by atoms with Crippen molar-refractivity contribution in [1.29, 1.82) is 0 Å².